The molecule has 0 amide bonds. The minimum atomic E-state index is 0.101. The molecule has 0 spiro atoms. The summed E-state index contributed by atoms with van der Waals surface area (Å²) in [6.45, 7) is 0.824. The number of carbonyl (C=O) groups excluding carboxylic acids is 1. The Morgan fingerprint density at radius 2 is 1.94 bits per heavy atom. The molecule has 0 bridgehead atoms. The van der Waals surface area contributed by atoms with E-state index in [1.807, 2.05) is 34.9 Å². The molecule has 2 nitrogen and oxygen atoms in total. The molecule has 1 aliphatic rings. The fourth-order valence-electron chi connectivity index (χ4n) is 2.23. The van der Waals surface area contributed by atoms with E-state index in [0.717, 1.165) is 38.9 Å². The summed E-state index contributed by atoms with van der Waals surface area (Å²) >= 11 is 6.96. The largest absolute Gasteiger partial charge is 0.331 e. The van der Waals surface area contributed by atoms with Crippen molar-refractivity contribution in [3.05, 3.63) is 56.2 Å². The third kappa shape index (κ3) is 1.70. The monoisotopic (exact) mass is 353 g/mol. The number of nitrogens with zero attached hydrogens (tertiary/aromatic N) is 1. The first-order valence-corrected chi connectivity index (χ1v) is 6.94. The highest BCUT2D eigenvalue weighted by Crippen LogP contribution is 2.31. The summed E-state index contributed by atoms with van der Waals surface area (Å²) in [6.07, 6.45) is 0.884. The second kappa shape index (κ2) is 4.10. The summed E-state index contributed by atoms with van der Waals surface area (Å²) < 4.78 is 3.89. The van der Waals surface area contributed by atoms with Gasteiger partial charge in [-0.1, -0.05) is 24.3 Å². The van der Waals surface area contributed by atoms with Gasteiger partial charge in [-0.15, -0.1) is 0 Å². The fourth-order valence-corrected chi connectivity index (χ4v) is 3.14. The average molecular weight is 355 g/mol. The highest BCUT2D eigenvalue weighted by Gasteiger charge is 2.23. The Morgan fingerprint density at radius 1 is 1.18 bits per heavy atom. The summed E-state index contributed by atoms with van der Waals surface area (Å²) in [7, 11) is 0. The number of rotatable bonds is 0. The minimum Gasteiger partial charge on any atom is -0.331 e. The van der Waals surface area contributed by atoms with Gasteiger partial charge in [-0.05, 0) is 49.9 Å². The molecule has 0 N–H and O–H groups in total. The molecule has 0 unspecified atom stereocenters. The topological polar surface area (TPSA) is 22.0 Å². The third-order valence-corrected chi connectivity index (χ3v) is 5.08. The van der Waals surface area contributed by atoms with Crippen LogP contribution in [0.25, 0.3) is 0 Å². The first-order valence-electron chi connectivity index (χ1n) is 5.35. The second-order valence-corrected chi connectivity index (χ2v) is 5.66. The van der Waals surface area contributed by atoms with Gasteiger partial charge in [-0.3, -0.25) is 4.79 Å². The standard InChI is InChI=1S/C13H9Br2NO/c14-10-7-11-12(17)9-4-2-1-3-8(9)5-6-16(11)13(10)15/h1-4,7H,5-6H2. The SMILES string of the molecule is O=C1c2ccccc2CCn2c1cc(Br)c2Br. The van der Waals surface area contributed by atoms with Crippen molar-refractivity contribution < 1.29 is 4.79 Å². The Balaban J connectivity index is 2.23. The van der Waals surface area contributed by atoms with E-state index in [9.17, 15) is 4.79 Å². The van der Waals surface area contributed by atoms with Gasteiger partial charge in [0.2, 0.25) is 5.78 Å². The van der Waals surface area contributed by atoms with Crippen LogP contribution in [0.3, 0.4) is 0 Å². The predicted octanol–water partition coefficient (Wildman–Crippen LogP) is 3.80. The molecule has 0 saturated carbocycles. The second-order valence-electron chi connectivity index (χ2n) is 4.06. The zero-order valence-electron chi connectivity index (χ0n) is 8.91. The van der Waals surface area contributed by atoms with Crippen LogP contribution in [-0.4, -0.2) is 10.4 Å². The number of fused-ring (bicyclic) bond motifs is 2. The summed E-state index contributed by atoms with van der Waals surface area (Å²) in [4.78, 5) is 12.4. The van der Waals surface area contributed by atoms with E-state index >= 15 is 0 Å². The summed E-state index contributed by atoms with van der Waals surface area (Å²) in [6, 6.07) is 9.72. The van der Waals surface area contributed by atoms with Crippen LogP contribution in [0.5, 0.6) is 0 Å². The van der Waals surface area contributed by atoms with Gasteiger partial charge in [0.15, 0.2) is 0 Å². The molecule has 1 aromatic carbocycles. The molecule has 4 heteroatoms. The van der Waals surface area contributed by atoms with Crippen molar-refractivity contribution in [2.45, 2.75) is 13.0 Å². The van der Waals surface area contributed by atoms with Crippen molar-refractivity contribution in [2.24, 2.45) is 0 Å². The lowest BCUT2D eigenvalue weighted by Crippen LogP contribution is -2.07. The molecular weight excluding hydrogens is 346 g/mol. The highest BCUT2D eigenvalue weighted by atomic mass is 79.9. The Bertz CT molecular complexity index is 616. The maximum absolute atomic E-state index is 12.4. The quantitative estimate of drug-likeness (QED) is 0.705. The van der Waals surface area contributed by atoms with E-state index in [1.165, 1.54) is 0 Å². The Labute approximate surface area is 116 Å². The van der Waals surface area contributed by atoms with Gasteiger partial charge in [0.25, 0.3) is 0 Å². The van der Waals surface area contributed by atoms with E-state index in [4.69, 9.17) is 0 Å². The van der Waals surface area contributed by atoms with E-state index in [-0.39, 0.29) is 5.78 Å². The van der Waals surface area contributed by atoms with E-state index in [2.05, 4.69) is 31.9 Å². The first kappa shape index (κ1) is 11.2. The van der Waals surface area contributed by atoms with Crippen molar-refractivity contribution in [2.75, 3.05) is 0 Å². The molecule has 0 fully saturated rings. The van der Waals surface area contributed by atoms with Gasteiger partial charge >= 0.3 is 0 Å². The van der Waals surface area contributed by atoms with E-state index in [1.54, 1.807) is 0 Å². The lowest BCUT2D eigenvalue weighted by Gasteiger charge is -2.04. The van der Waals surface area contributed by atoms with Gasteiger partial charge in [0, 0.05) is 12.1 Å². The molecule has 0 atom stereocenters. The maximum atomic E-state index is 12.4. The first-order chi connectivity index (χ1) is 8.18. The van der Waals surface area contributed by atoms with Gasteiger partial charge < -0.3 is 4.57 Å². The van der Waals surface area contributed by atoms with Crippen LogP contribution >= 0.6 is 31.9 Å². The molecule has 86 valence electrons. The lowest BCUT2D eigenvalue weighted by atomic mass is 10.0. The lowest BCUT2D eigenvalue weighted by molar-refractivity contribution is 0.103. The molecule has 0 aliphatic carbocycles. The normalized spacial score (nSPS) is 14.1. The Morgan fingerprint density at radius 3 is 2.76 bits per heavy atom. The molecule has 1 aliphatic heterocycles. The van der Waals surface area contributed by atoms with Crippen LogP contribution in [0.15, 0.2) is 39.4 Å². The van der Waals surface area contributed by atoms with E-state index in [0.29, 0.717) is 0 Å². The van der Waals surface area contributed by atoms with Crippen LogP contribution in [0.2, 0.25) is 0 Å². The number of carbonyl (C=O) groups is 1. The zero-order valence-corrected chi connectivity index (χ0v) is 12.1. The number of benzene rings is 1. The Hall–Kier alpha value is -0.870. The van der Waals surface area contributed by atoms with Crippen molar-refractivity contribution in [1.29, 1.82) is 0 Å². The van der Waals surface area contributed by atoms with Crippen LogP contribution < -0.4 is 0 Å². The summed E-state index contributed by atoms with van der Waals surface area (Å²) in [5.41, 5.74) is 2.70. The van der Waals surface area contributed by atoms with Crippen molar-refractivity contribution >= 4 is 37.6 Å². The maximum Gasteiger partial charge on any atom is 0.209 e. The molecule has 1 aromatic heterocycles. The minimum absolute atomic E-state index is 0.101. The predicted molar refractivity (Wildman–Crippen MR) is 73.4 cm³/mol. The molecular formula is C13H9Br2NO. The number of hydrogen-bond donors (Lipinski definition) is 0. The van der Waals surface area contributed by atoms with Crippen LogP contribution in [0.4, 0.5) is 0 Å². The molecule has 17 heavy (non-hydrogen) atoms. The molecule has 0 radical (unpaired) electrons. The summed E-state index contributed by atoms with van der Waals surface area (Å²) in [5.74, 6) is 0.101. The Kier molecular flexibility index (Phi) is 2.71. The highest BCUT2D eigenvalue weighted by molar-refractivity contribution is 9.13. The van der Waals surface area contributed by atoms with E-state index < -0.39 is 0 Å². The van der Waals surface area contributed by atoms with Gasteiger partial charge in [-0.25, -0.2) is 0 Å². The fraction of sp³-hybridized carbons (Fsp3) is 0.154. The molecule has 0 saturated heterocycles. The molecule has 2 aromatic rings. The number of hydrogen-bond acceptors (Lipinski definition) is 1. The molecule has 3 rings (SSSR count). The smallest absolute Gasteiger partial charge is 0.209 e. The van der Waals surface area contributed by atoms with Crippen LogP contribution in [-0.2, 0) is 13.0 Å². The molecule has 2 heterocycles. The summed E-state index contributed by atoms with van der Waals surface area (Å²) in [5, 5.41) is 0. The van der Waals surface area contributed by atoms with Crippen LogP contribution in [0.1, 0.15) is 21.6 Å². The third-order valence-electron chi connectivity index (χ3n) is 3.09. The van der Waals surface area contributed by atoms with Crippen LogP contribution in [0, 0.1) is 0 Å². The van der Waals surface area contributed by atoms with Gasteiger partial charge in [-0.2, -0.15) is 0 Å². The van der Waals surface area contributed by atoms with Crippen molar-refractivity contribution in [3.63, 3.8) is 0 Å². The number of aromatic nitrogens is 1. The van der Waals surface area contributed by atoms with Crippen molar-refractivity contribution in [3.8, 4) is 0 Å². The number of halogens is 2. The van der Waals surface area contributed by atoms with Gasteiger partial charge in [0.1, 0.15) is 0 Å². The van der Waals surface area contributed by atoms with Gasteiger partial charge in [0.05, 0.1) is 14.8 Å². The number of aryl methyl sites for hydroxylation is 1. The number of ketones is 1. The average Bonchev–Trinajstić information content (AvgIpc) is 2.54. The zero-order chi connectivity index (χ0) is 12.0. The van der Waals surface area contributed by atoms with Crippen molar-refractivity contribution in [1.82, 2.24) is 4.57 Å².